The van der Waals surface area contributed by atoms with E-state index < -0.39 is 12.0 Å². The molecule has 3 aromatic carbocycles. The number of benzene rings is 3. The topological polar surface area (TPSA) is 82.0 Å². The Bertz CT molecular complexity index is 1710. The standard InChI is InChI=1S/C40H48FN3O5/c1-26(2)36-35(38(46)42-30-16-12-9-13-17-30)34(27-14-10-8-11-15-27)37(28-18-20-29(41)21-19-28)44(36)23-22-31-24-32(48-39(47-31)43(6)7)25-33(45)49-40(3,4)5/h8-21,26,31-32,39H,22-25H2,1-7H3,(H,42,46)/t31-,32-,39?/m1/s1. The normalized spacial score (nSPS) is 18.1. The Hall–Kier alpha value is -4.31. The molecule has 1 aromatic heterocycles. The van der Waals surface area contributed by atoms with Gasteiger partial charge in [0.2, 0.25) is 6.41 Å². The van der Waals surface area contributed by atoms with Crippen LogP contribution < -0.4 is 5.32 Å². The first-order valence-electron chi connectivity index (χ1n) is 16.9. The maximum absolute atomic E-state index is 14.4. The molecule has 4 aromatic rings. The second-order valence-corrected chi connectivity index (χ2v) is 14.1. The minimum Gasteiger partial charge on any atom is -0.460 e. The molecule has 1 aliphatic heterocycles. The smallest absolute Gasteiger partial charge is 0.308 e. The highest BCUT2D eigenvalue weighted by atomic mass is 19.1. The Kier molecular flexibility index (Phi) is 11.4. The van der Waals surface area contributed by atoms with Gasteiger partial charge >= 0.3 is 5.97 Å². The third-order valence-electron chi connectivity index (χ3n) is 8.34. The number of nitrogens with one attached hydrogen (secondary N) is 1. The fraction of sp³-hybridized carbons (Fsp3) is 0.400. The molecule has 1 saturated heterocycles. The Morgan fingerprint density at radius 2 is 1.53 bits per heavy atom. The number of rotatable bonds is 11. The van der Waals surface area contributed by atoms with Crippen molar-refractivity contribution in [2.24, 2.45) is 0 Å². The van der Waals surface area contributed by atoms with Crippen molar-refractivity contribution >= 4 is 17.6 Å². The summed E-state index contributed by atoms with van der Waals surface area (Å²) in [6.07, 6.45) is -0.0809. The highest BCUT2D eigenvalue weighted by Crippen LogP contribution is 2.43. The third kappa shape index (κ3) is 9.03. The van der Waals surface area contributed by atoms with Crippen molar-refractivity contribution in [2.45, 2.75) is 90.6 Å². The van der Waals surface area contributed by atoms with Crippen molar-refractivity contribution in [2.75, 3.05) is 19.4 Å². The number of amides is 1. The van der Waals surface area contributed by atoms with E-state index >= 15 is 0 Å². The van der Waals surface area contributed by atoms with Gasteiger partial charge in [-0.3, -0.25) is 14.5 Å². The zero-order chi connectivity index (χ0) is 35.3. The molecule has 0 aliphatic carbocycles. The monoisotopic (exact) mass is 669 g/mol. The quantitative estimate of drug-likeness (QED) is 0.161. The van der Waals surface area contributed by atoms with Crippen LogP contribution in [0, 0.1) is 5.82 Å². The Labute approximate surface area is 289 Å². The minimum absolute atomic E-state index is 0.0433. The fourth-order valence-corrected chi connectivity index (χ4v) is 6.38. The van der Waals surface area contributed by atoms with Crippen LogP contribution in [-0.4, -0.2) is 59.7 Å². The molecular formula is C40H48FN3O5. The van der Waals surface area contributed by atoms with Gasteiger partial charge in [-0.05, 0) is 94.7 Å². The summed E-state index contributed by atoms with van der Waals surface area (Å²) in [6, 6.07) is 25.7. The first-order valence-corrected chi connectivity index (χ1v) is 16.9. The highest BCUT2D eigenvalue weighted by molar-refractivity contribution is 6.12. The molecule has 2 heterocycles. The van der Waals surface area contributed by atoms with E-state index in [2.05, 4.69) is 23.7 Å². The number of hydrogen-bond donors (Lipinski definition) is 1. The van der Waals surface area contributed by atoms with Gasteiger partial charge in [0.05, 0.1) is 29.9 Å². The molecule has 0 saturated carbocycles. The number of hydrogen-bond acceptors (Lipinski definition) is 6. The first kappa shape index (κ1) is 36.0. The lowest BCUT2D eigenvalue weighted by molar-refractivity contribution is -0.294. The second kappa shape index (κ2) is 15.5. The number of anilines is 1. The highest BCUT2D eigenvalue weighted by Gasteiger charge is 2.35. The van der Waals surface area contributed by atoms with Crippen LogP contribution in [0.4, 0.5) is 10.1 Å². The van der Waals surface area contributed by atoms with Crippen LogP contribution in [0.25, 0.3) is 22.4 Å². The van der Waals surface area contributed by atoms with Crippen LogP contribution in [0.2, 0.25) is 0 Å². The predicted octanol–water partition coefficient (Wildman–Crippen LogP) is 8.48. The number of nitrogens with zero attached hydrogens (tertiary/aromatic N) is 2. The second-order valence-electron chi connectivity index (χ2n) is 14.1. The molecule has 1 fully saturated rings. The molecule has 0 radical (unpaired) electrons. The van der Waals surface area contributed by atoms with Crippen LogP contribution in [0.3, 0.4) is 0 Å². The number of ether oxygens (including phenoxy) is 3. The molecule has 1 amide bonds. The maximum Gasteiger partial charge on any atom is 0.308 e. The van der Waals surface area contributed by atoms with Crippen molar-refractivity contribution in [3.8, 4) is 22.4 Å². The Balaban J connectivity index is 1.59. The van der Waals surface area contributed by atoms with E-state index in [0.717, 1.165) is 28.1 Å². The van der Waals surface area contributed by atoms with Gasteiger partial charge in [-0.1, -0.05) is 62.4 Å². The van der Waals surface area contributed by atoms with Gasteiger partial charge in [0.1, 0.15) is 11.4 Å². The third-order valence-corrected chi connectivity index (χ3v) is 8.34. The number of carbonyl (C=O) groups excluding carboxylic acids is 2. The van der Waals surface area contributed by atoms with E-state index in [1.54, 1.807) is 12.1 Å². The van der Waals surface area contributed by atoms with Crippen molar-refractivity contribution in [1.82, 2.24) is 9.47 Å². The summed E-state index contributed by atoms with van der Waals surface area (Å²) in [5.74, 6) is -0.916. The van der Waals surface area contributed by atoms with Crippen molar-refractivity contribution < 1.29 is 28.2 Å². The number of aromatic nitrogens is 1. The van der Waals surface area contributed by atoms with Crippen LogP contribution >= 0.6 is 0 Å². The Morgan fingerprint density at radius 3 is 2.12 bits per heavy atom. The summed E-state index contributed by atoms with van der Waals surface area (Å²) in [5, 5.41) is 3.13. The maximum atomic E-state index is 14.4. The van der Waals surface area contributed by atoms with Gasteiger partial charge in [0.25, 0.3) is 5.91 Å². The van der Waals surface area contributed by atoms with Gasteiger partial charge in [-0.25, -0.2) is 4.39 Å². The van der Waals surface area contributed by atoms with Crippen LogP contribution in [0.5, 0.6) is 0 Å². The summed E-state index contributed by atoms with van der Waals surface area (Å²) in [4.78, 5) is 29.0. The van der Waals surface area contributed by atoms with E-state index in [-0.39, 0.29) is 42.2 Å². The van der Waals surface area contributed by atoms with Gasteiger partial charge in [-0.15, -0.1) is 0 Å². The molecule has 260 valence electrons. The van der Waals surface area contributed by atoms with E-state index in [0.29, 0.717) is 30.6 Å². The lowest BCUT2D eigenvalue weighted by Gasteiger charge is -2.38. The summed E-state index contributed by atoms with van der Waals surface area (Å²) in [5.41, 5.74) is 4.83. The number of esters is 1. The molecule has 9 heteroatoms. The van der Waals surface area contributed by atoms with Crippen LogP contribution in [-0.2, 0) is 25.5 Å². The molecule has 49 heavy (non-hydrogen) atoms. The zero-order valence-corrected chi connectivity index (χ0v) is 29.5. The van der Waals surface area contributed by atoms with Gasteiger partial charge in [0, 0.05) is 29.9 Å². The van der Waals surface area contributed by atoms with E-state index in [9.17, 15) is 14.0 Å². The number of carbonyl (C=O) groups is 2. The van der Waals surface area contributed by atoms with Gasteiger partial charge < -0.3 is 24.1 Å². The average Bonchev–Trinajstić information content (AvgIpc) is 3.39. The minimum atomic E-state index is -0.635. The zero-order valence-electron chi connectivity index (χ0n) is 29.5. The largest absolute Gasteiger partial charge is 0.460 e. The summed E-state index contributed by atoms with van der Waals surface area (Å²) in [6.45, 7) is 10.2. The average molecular weight is 670 g/mol. The Morgan fingerprint density at radius 1 is 0.918 bits per heavy atom. The van der Waals surface area contributed by atoms with Gasteiger partial charge in [0.15, 0.2) is 0 Å². The molecule has 3 atom stereocenters. The number of halogens is 1. The summed E-state index contributed by atoms with van der Waals surface area (Å²) < 4.78 is 34.6. The molecule has 0 bridgehead atoms. The van der Waals surface area contributed by atoms with Gasteiger partial charge in [-0.2, -0.15) is 0 Å². The fourth-order valence-electron chi connectivity index (χ4n) is 6.38. The van der Waals surface area contributed by atoms with Crippen LogP contribution in [0.1, 0.15) is 75.9 Å². The van der Waals surface area contributed by atoms with Crippen LogP contribution in [0.15, 0.2) is 84.9 Å². The molecule has 1 aliphatic rings. The van der Waals surface area contributed by atoms with E-state index in [1.165, 1.54) is 12.1 Å². The van der Waals surface area contributed by atoms with Crippen molar-refractivity contribution in [3.05, 3.63) is 102 Å². The molecule has 0 spiro atoms. The molecule has 1 N–H and O–H groups in total. The molecular weight excluding hydrogens is 621 g/mol. The van der Waals surface area contributed by atoms with Crippen molar-refractivity contribution in [1.29, 1.82) is 0 Å². The summed E-state index contributed by atoms with van der Waals surface area (Å²) >= 11 is 0. The first-order chi connectivity index (χ1) is 23.3. The van der Waals surface area contributed by atoms with E-state index in [1.807, 2.05) is 100 Å². The predicted molar refractivity (Wildman–Crippen MR) is 191 cm³/mol. The number of para-hydroxylation sites is 1. The lowest BCUT2D eigenvalue weighted by atomic mass is 9.94. The van der Waals surface area contributed by atoms with E-state index in [4.69, 9.17) is 14.2 Å². The molecule has 5 rings (SSSR count). The molecule has 1 unspecified atom stereocenters. The molecule has 8 nitrogen and oxygen atoms in total. The van der Waals surface area contributed by atoms with Crippen molar-refractivity contribution in [3.63, 3.8) is 0 Å². The summed E-state index contributed by atoms with van der Waals surface area (Å²) in [7, 11) is 3.74. The lowest BCUT2D eigenvalue weighted by Crippen LogP contribution is -2.46. The SMILES string of the molecule is CC(C)c1c(C(=O)Nc2ccccc2)c(-c2ccccc2)c(-c2ccc(F)cc2)n1CC[C@@H]1C[C@H](CC(=O)OC(C)(C)C)OC(N(C)C)O1.